The molecule has 0 bridgehead atoms. The van der Waals surface area contributed by atoms with E-state index in [1.54, 1.807) is 18.3 Å². The Morgan fingerprint density at radius 1 is 1.06 bits per heavy atom. The fourth-order valence-corrected chi connectivity index (χ4v) is 1.42. The summed E-state index contributed by atoms with van der Waals surface area (Å²) >= 11 is 0. The first-order valence-corrected chi connectivity index (χ1v) is 4.91. The van der Waals surface area contributed by atoms with Gasteiger partial charge in [0.25, 0.3) is 0 Å². The molecule has 0 aliphatic heterocycles. The molecule has 18 heavy (non-hydrogen) atoms. The molecular weight excluding hydrogens is 250 g/mol. The smallest absolute Gasteiger partial charge is 0.403 e. The molecule has 0 radical (unpaired) electrons. The van der Waals surface area contributed by atoms with Gasteiger partial charge in [0.15, 0.2) is 11.6 Å². The van der Waals surface area contributed by atoms with Gasteiger partial charge >= 0.3 is 6.36 Å². The molecule has 1 heterocycles. The predicted octanol–water partition coefficient (Wildman–Crippen LogP) is 3.79. The Balaban J connectivity index is 2.31. The first kappa shape index (κ1) is 12.3. The van der Waals surface area contributed by atoms with E-state index in [0.717, 1.165) is 12.1 Å². The van der Waals surface area contributed by atoms with Gasteiger partial charge < -0.3 is 4.74 Å². The van der Waals surface area contributed by atoms with Crippen LogP contribution < -0.4 is 4.74 Å². The Bertz CT molecular complexity index is 540. The van der Waals surface area contributed by atoms with Crippen LogP contribution in [0.1, 0.15) is 0 Å². The van der Waals surface area contributed by atoms with Crippen LogP contribution >= 0.6 is 0 Å². The van der Waals surface area contributed by atoms with Crippen molar-refractivity contribution >= 4 is 0 Å². The molecule has 6 heteroatoms. The van der Waals surface area contributed by atoms with Crippen LogP contribution in [0.5, 0.6) is 5.75 Å². The molecule has 0 unspecified atom stereocenters. The zero-order valence-electron chi connectivity index (χ0n) is 8.91. The quantitative estimate of drug-likeness (QED) is 0.764. The van der Waals surface area contributed by atoms with Gasteiger partial charge in [-0.05, 0) is 23.8 Å². The normalized spacial score (nSPS) is 11.3. The van der Waals surface area contributed by atoms with E-state index in [4.69, 9.17) is 0 Å². The van der Waals surface area contributed by atoms with Crippen molar-refractivity contribution in [3.8, 4) is 16.9 Å². The minimum atomic E-state index is -4.91. The third-order valence-electron chi connectivity index (χ3n) is 2.15. The largest absolute Gasteiger partial charge is 0.573 e. The number of nitrogens with zero attached hydrogens (tertiary/aromatic N) is 1. The van der Waals surface area contributed by atoms with Gasteiger partial charge in [-0.2, -0.15) is 0 Å². The van der Waals surface area contributed by atoms with E-state index in [2.05, 4.69) is 9.72 Å². The maximum atomic E-state index is 13.4. The highest BCUT2D eigenvalue weighted by Crippen LogP contribution is 2.29. The summed E-state index contributed by atoms with van der Waals surface area (Å²) in [6.45, 7) is 0. The van der Waals surface area contributed by atoms with Crippen molar-refractivity contribution in [1.29, 1.82) is 0 Å². The monoisotopic (exact) mass is 257 g/mol. The summed E-state index contributed by atoms with van der Waals surface area (Å²) < 4.78 is 52.8. The number of aromatic nitrogens is 1. The molecule has 2 nitrogen and oxygen atoms in total. The molecule has 0 saturated carbocycles. The standard InChI is InChI=1S/C12H7F4NO/c13-10-6-8(9-2-1-5-17-7-9)3-4-11(10)18-12(14,15)16/h1-7H. The minimum absolute atomic E-state index is 0.426. The van der Waals surface area contributed by atoms with Crippen molar-refractivity contribution in [2.45, 2.75) is 6.36 Å². The van der Waals surface area contributed by atoms with E-state index in [0.29, 0.717) is 11.1 Å². The van der Waals surface area contributed by atoms with E-state index in [9.17, 15) is 17.6 Å². The number of benzene rings is 1. The average molecular weight is 257 g/mol. The highest BCUT2D eigenvalue weighted by molar-refractivity contribution is 5.63. The van der Waals surface area contributed by atoms with Crippen LogP contribution in [0.25, 0.3) is 11.1 Å². The predicted molar refractivity (Wildman–Crippen MR) is 56.3 cm³/mol. The number of halogens is 4. The van der Waals surface area contributed by atoms with Crippen molar-refractivity contribution in [1.82, 2.24) is 4.98 Å². The maximum Gasteiger partial charge on any atom is 0.573 e. The Labute approximate surface area is 99.8 Å². The van der Waals surface area contributed by atoms with Crippen LogP contribution in [0.2, 0.25) is 0 Å². The van der Waals surface area contributed by atoms with E-state index in [1.165, 1.54) is 12.3 Å². The molecule has 0 saturated heterocycles. The first-order chi connectivity index (χ1) is 8.46. The van der Waals surface area contributed by atoms with Crippen LogP contribution in [-0.4, -0.2) is 11.3 Å². The zero-order valence-corrected chi connectivity index (χ0v) is 8.91. The van der Waals surface area contributed by atoms with Gasteiger partial charge in [-0.3, -0.25) is 4.98 Å². The molecule has 2 rings (SSSR count). The molecule has 0 spiro atoms. The van der Waals surface area contributed by atoms with Crippen molar-refractivity contribution in [3.63, 3.8) is 0 Å². The molecule has 0 aliphatic carbocycles. The molecule has 0 fully saturated rings. The van der Waals surface area contributed by atoms with E-state index < -0.39 is 17.9 Å². The van der Waals surface area contributed by atoms with Crippen molar-refractivity contribution in [2.24, 2.45) is 0 Å². The SMILES string of the molecule is Fc1cc(-c2cccnc2)ccc1OC(F)(F)F. The first-order valence-electron chi connectivity index (χ1n) is 4.91. The van der Waals surface area contributed by atoms with E-state index in [-0.39, 0.29) is 0 Å². The second-order valence-electron chi connectivity index (χ2n) is 3.43. The Hall–Kier alpha value is -2.11. The molecule has 0 N–H and O–H groups in total. The lowest BCUT2D eigenvalue weighted by Gasteiger charge is -2.10. The molecule has 0 atom stereocenters. The van der Waals surface area contributed by atoms with Gasteiger partial charge in [-0.15, -0.1) is 13.2 Å². The Morgan fingerprint density at radius 2 is 1.83 bits per heavy atom. The van der Waals surface area contributed by atoms with Gasteiger partial charge in [-0.25, -0.2) is 4.39 Å². The third-order valence-corrected chi connectivity index (χ3v) is 2.15. The summed E-state index contributed by atoms with van der Waals surface area (Å²) in [4.78, 5) is 3.84. The molecule has 0 aliphatic rings. The highest BCUT2D eigenvalue weighted by Gasteiger charge is 2.32. The lowest BCUT2D eigenvalue weighted by molar-refractivity contribution is -0.275. The Kier molecular flexibility index (Phi) is 3.18. The molecule has 1 aromatic heterocycles. The zero-order chi connectivity index (χ0) is 13.2. The van der Waals surface area contributed by atoms with Crippen LogP contribution in [0.3, 0.4) is 0 Å². The van der Waals surface area contributed by atoms with Crippen LogP contribution in [0.15, 0.2) is 42.7 Å². The summed E-state index contributed by atoms with van der Waals surface area (Å²) in [6.07, 6.45) is -1.88. The van der Waals surface area contributed by atoms with Gasteiger partial charge in [0.1, 0.15) is 0 Å². The third kappa shape index (κ3) is 2.97. The lowest BCUT2D eigenvalue weighted by Crippen LogP contribution is -2.17. The van der Waals surface area contributed by atoms with Gasteiger partial charge in [-0.1, -0.05) is 12.1 Å². The highest BCUT2D eigenvalue weighted by atomic mass is 19.4. The number of alkyl halides is 3. The summed E-state index contributed by atoms with van der Waals surface area (Å²) in [7, 11) is 0. The summed E-state index contributed by atoms with van der Waals surface area (Å²) in [5.41, 5.74) is 1.03. The van der Waals surface area contributed by atoms with Crippen molar-refractivity contribution < 1.29 is 22.3 Å². The number of pyridine rings is 1. The topological polar surface area (TPSA) is 22.1 Å². The van der Waals surface area contributed by atoms with Gasteiger partial charge in [0, 0.05) is 18.0 Å². The molecule has 94 valence electrons. The van der Waals surface area contributed by atoms with Crippen LogP contribution in [0, 0.1) is 5.82 Å². The second-order valence-corrected chi connectivity index (χ2v) is 3.43. The van der Waals surface area contributed by atoms with Gasteiger partial charge in [0.05, 0.1) is 0 Å². The maximum absolute atomic E-state index is 13.4. The average Bonchev–Trinajstić information content (AvgIpc) is 2.31. The summed E-state index contributed by atoms with van der Waals surface area (Å²) in [5, 5.41) is 0. The minimum Gasteiger partial charge on any atom is -0.403 e. The summed E-state index contributed by atoms with van der Waals surface area (Å²) in [6, 6.07) is 6.56. The molecule has 2 aromatic rings. The van der Waals surface area contributed by atoms with Crippen LogP contribution in [-0.2, 0) is 0 Å². The number of ether oxygens (including phenoxy) is 1. The fourth-order valence-electron chi connectivity index (χ4n) is 1.42. The fraction of sp³-hybridized carbons (Fsp3) is 0.0833. The number of hydrogen-bond acceptors (Lipinski definition) is 2. The van der Waals surface area contributed by atoms with Crippen molar-refractivity contribution in [3.05, 3.63) is 48.5 Å². The molecule has 0 amide bonds. The second kappa shape index (κ2) is 4.64. The number of hydrogen-bond donors (Lipinski definition) is 0. The molecular formula is C12H7F4NO. The Morgan fingerprint density at radius 3 is 2.39 bits per heavy atom. The van der Waals surface area contributed by atoms with Crippen LogP contribution in [0.4, 0.5) is 17.6 Å². The summed E-state index contributed by atoms with van der Waals surface area (Å²) in [5.74, 6) is -1.93. The number of rotatable bonds is 2. The lowest BCUT2D eigenvalue weighted by atomic mass is 10.1. The van der Waals surface area contributed by atoms with Crippen molar-refractivity contribution in [2.75, 3.05) is 0 Å². The van der Waals surface area contributed by atoms with E-state index in [1.807, 2.05) is 0 Å². The molecule has 1 aromatic carbocycles. The van der Waals surface area contributed by atoms with Gasteiger partial charge in [0.2, 0.25) is 0 Å². The van der Waals surface area contributed by atoms with E-state index >= 15 is 0 Å².